The average molecular weight is 423 g/mol. The molecule has 2 aromatic heterocycles. The molecule has 0 aliphatic carbocycles. The third kappa shape index (κ3) is 4.82. The first-order valence-corrected chi connectivity index (χ1v) is 9.89. The van der Waals surface area contributed by atoms with E-state index >= 15 is 0 Å². The number of carbonyl (C=O) groups excluding carboxylic acids is 1. The van der Waals surface area contributed by atoms with Crippen molar-refractivity contribution in [1.82, 2.24) is 9.88 Å². The Hall–Kier alpha value is -3.16. The Morgan fingerprint density at radius 3 is 2.72 bits per heavy atom. The summed E-state index contributed by atoms with van der Waals surface area (Å²) >= 11 is 7.21. The zero-order chi connectivity index (χ0) is 20.1. The van der Waals surface area contributed by atoms with Crippen LogP contribution in [0.3, 0.4) is 0 Å². The molecule has 4 rings (SSSR count). The lowest BCUT2D eigenvalue weighted by Gasteiger charge is -2.12. The quantitative estimate of drug-likeness (QED) is 0.335. The van der Waals surface area contributed by atoms with Gasteiger partial charge in [-0.05, 0) is 53.7 Å². The summed E-state index contributed by atoms with van der Waals surface area (Å²) in [5.74, 6) is 0.507. The molecule has 6 nitrogen and oxygen atoms in total. The van der Waals surface area contributed by atoms with Crippen LogP contribution in [0.1, 0.15) is 16.9 Å². The molecule has 1 aromatic carbocycles. The van der Waals surface area contributed by atoms with Gasteiger partial charge in [0.05, 0.1) is 23.9 Å². The smallest absolute Gasteiger partial charge is 0.267 e. The van der Waals surface area contributed by atoms with Gasteiger partial charge in [-0.2, -0.15) is 5.10 Å². The first-order chi connectivity index (χ1) is 14.2. The molecule has 1 aliphatic rings. The standard InChI is InChI=1S/C21H15ClN4O2S/c22-17-7-5-15(6-8-17)11-19-20(27)26(14-18-4-2-10-28-18)21(29-19)25-24-13-16-3-1-9-23-12-16/h1-13H,14H2/b19-11-,24-13+,25-21-. The van der Waals surface area contributed by atoms with Crippen molar-refractivity contribution >= 4 is 46.7 Å². The maximum absolute atomic E-state index is 13.0. The summed E-state index contributed by atoms with van der Waals surface area (Å²) in [5, 5.41) is 9.50. The van der Waals surface area contributed by atoms with E-state index in [1.165, 1.54) is 11.8 Å². The third-order valence-electron chi connectivity index (χ3n) is 3.98. The normalized spacial score (nSPS) is 17.1. The summed E-state index contributed by atoms with van der Waals surface area (Å²) in [6, 6.07) is 14.6. The summed E-state index contributed by atoms with van der Waals surface area (Å²) in [4.78, 5) is 19.1. The highest BCUT2D eigenvalue weighted by molar-refractivity contribution is 8.18. The number of amides is 1. The van der Waals surface area contributed by atoms with Crippen molar-refractivity contribution in [3.8, 4) is 0 Å². The van der Waals surface area contributed by atoms with Crippen molar-refractivity contribution in [1.29, 1.82) is 0 Å². The maximum atomic E-state index is 13.0. The number of benzene rings is 1. The second kappa shape index (κ2) is 8.89. The van der Waals surface area contributed by atoms with Crippen molar-refractivity contribution in [2.45, 2.75) is 6.54 Å². The molecule has 3 heterocycles. The van der Waals surface area contributed by atoms with Crippen LogP contribution in [0.4, 0.5) is 0 Å². The summed E-state index contributed by atoms with van der Waals surface area (Å²) in [5.41, 5.74) is 1.70. The van der Waals surface area contributed by atoms with Gasteiger partial charge in [0.15, 0.2) is 5.17 Å². The number of furan rings is 1. The Morgan fingerprint density at radius 2 is 2.00 bits per heavy atom. The number of rotatable bonds is 5. The molecule has 3 aromatic rings. The van der Waals surface area contributed by atoms with Crippen molar-refractivity contribution in [3.05, 3.63) is 94.0 Å². The van der Waals surface area contributed by atoms with E-state index in [0.29, 0.717) is 20.9 Å². The van der Waals surface area contributed by atoms with Gasteiger partial charge in [-0.3, -0.25) is 14.7 Å². The Kier molecular flexibility index (Phi) is 5.88. The van der Waals surface area contributed by atoms with Crippen molar-refractivity contribution < 1.29 is 9.21 Å². The number of nitrogens with zero attached hydrogens (tertiary/aromatic N) is 4. The molecule has 8 heteroatoms. The van der Waals surface area contributed by atoms with Gasteiger partial charge in [0, 0.05) is 23.0 Å². The van der Waals surface area contributed by atoms with Crippen molar-refractivity contribution in [2.24, 2.45) is 10.2 Å². The Labute approximate surface area is 176 Å². The summed E-state index contributed by atoms with van der Waals surface area (Å²) in [6.45, 7) is 0.276. The molecular formula is C21H15ClN4O2S. The minimum Gasteiger partial charge on any atom is -0.467 e. The lowest BCUT2D eigenvalue weighted by atomic mass is 10.2. The fourth-order valence-corrected chi connectivity index (χ4v) is 3.65. The fraction of sp³-hybridized carbons (Fsp3) is 0.0476. The number of hydrogen-bond donors (Lipinski definition) is 0. The second-order valence-electron chi connectivity index (χ2n) is 6.05. The molecule has 1 amide bonds. The van der Waals surface area contributed by atoms with Crippen LogP contribution in [0.2, 0.25) is 5.02 Å². The Balaban J connectivity index is 1.61. The minimum absolute atomic E-state index is 0.156. The number of halogens is 1. The Bertz CT molecular complexity index is 1080. The zero-order valence-electron chi connectivity index (χ0n) is 15.1. The van der Waals surface area contributed by atoms with Crippen LogP contribution in [0.25, 0.3) is 6.08 Å². The summed E-state index contributed by atoms with van der Waals surface area (Å²) in [7, 11) is 0. The van der Waals surface area contributed by atoms with Gasteiger partial charge in [0.2, 0.25) is 0 Å². The second-order valence-corrected chi connectivity index (χ2v) is 7.49. The topological polar surface area (TPSA) is 71.1 Å². The van der Waals surface area contributed by atoms with Crippen molar-refractivity contribution in [3.63, 3.8) is 0 Å². The van der Waals surface area contributed by atoms with E-state index in [0.717, 1.165) is 11.1 Å². The van der Waals surface area contributed by atoms with E-state index in [9.17, 15) is 4.79 Å². The van der Waals surface area contributed by atoms with E-state index in [1.54, 1.807) is 48.0 Å². The average Bonchev–Trinajstić information content (AvgIpc) is 3.35. The molecule has 1 saturated heterocycles. The maximum Gasteiger partial charge on any atom is 0.267 e. The van der Waals surface area contributed by atoms with Crippen LogP contribution in [0, 0.1) is 0 Å². The number of hydrogen-bond acceptors (Lipinski definition) is 6. The third-order valence-corrected chi connectivity index (χ3v) is 5.23. The highest BCUT2D eigenvalue weighted by Gasteiger charge is 2.34. The molecule has 0 saturated carbocycles. The number of pyridine rings is 1. The van der Waals surface area contributed by atoms with Gasteiger partial charge >= 0.3 is 0 Å². The molecule has 144 valence electrons. The molecular weight excluding hydrogens is 408 g/mol. The van der Waals surface area contributed by atoms with E-state index in [2.05, 4.69) is 15.2 Å². The van der Waals surface area contributed by atoms with Gasteiger partial charge in [-0.25, -0.2) is 0 Å². The molecule has 29 heavy (non-hydrogen) atoms. The SMILES string of the molecule is O=C1/C(=C/c2ccc(Cl)cc2)S/C(=N\N=C\c2cccnc2)N1Cc1ccco1. The van der Waals surface area contributed by atoms with Crippen LogP contribution >= 0.6 is 23.4 Å². The number of carbonyl (C=O) groups is 1. The van der Waals surface area contributed by atoms with E-state index in [-0.39, 0.29) is 12.5 Å². The minimum atomic E-state index is -0.156. The van der Waals surface area contributed by atoms with Gasteiger partial charge in [-0.15, -0.1) is 5.10 Å². The predicted molar refractivity (Wildman–Crippen MR) is 116 cm³/mol. The molecule has 1 fully saturated rings. The predicted octanol–water partition coefficient (Wildman–Crippen LogP) is 4.83. The molecule has 0 N–H and O–H groups in total. The van der Waals surface area contributed by atoms with E-state index < -0.39 is 0 Å². The number of aromatic nitrogens is 1. The lowest BCUT2D eigenvalue weighted by molar-refractivity contribution is -0.122. The van der Waals surface area contributed by atoms with Crippen LogP contribution < -0.4 is 0 Å². The largest absolute Gasteiger partial charge is 0.467 e. The highest BCUT2D eigenvalue weighted by Crippen LogP contribution is 2.34. The zero-order valence-corrected chi connectivity index (χ0v) is 16.7. The molecule has 0 spiro atoms. The van der Waals surface area contributed by atoms with Crippen LogP contribution in [-0.4, -0.2) is 27.2 Å². The van der Waals surface area contributed by atoms with Gasteiger partial charge < -0.3 is 4.42 Å². The Morgan fingerprint density at radius 1 is 1.14 bits per heavy atom. The molecule has 0 atom stereocenters. The van der Waals surface area contributed by atoms with Crippen LogP contribution in [-0.2, 0) is 11.3 Å². The first-order valence-electron chi connectivity index (χ1n) is 8.69. The molecule has 0 bridgehead atoms. The van der Waals surface area contributed by atoms with Crippen molar-refractivity contribution in [2.75, 3.05) is 0 Å². The summed E-state index contributed by atoms with van der Waals surface area (Å²) in [6.07, 6.45) is 8.35. The number of amidine groups is 1. The highest BCUT2D eigenvalue weighted by atomic mass is 35.5. The lowest BCUT2D eigenvalue weighted by Crippen LogP contribution is -2.28. The first kappa shape index (κ1) is 19.2. The summed E-state index contributed by atoms with van der Waals surface area (Å²) < 4.78 is 5.39. The fourth-order valence-electron chi connectivity index (χ4n) is 2.59. The molecule has 0 unspecified atom stereocenters. The van der Waals surface area contributed by atoms with Gasteiger partial charge in [0.25, 0.3) is 5.91 Å². The monoisotopic (exact) mass is 422 g/mol. The van der Waals surface area contributed by atoms with E-state index in [1.807, 2.05) is 36.4 Å². The van der Waals surface area contributed by atoms with Gasteiger partial charge in [-0.1, -0.05) is 29.8 Å². The number of thioether (sulfide) groups is 1. The van der Waals surface area contributed by atoms with Crippen LogP contribution in [0.15, 0.2) is 86.7 Å². The van der Waals surface area contributed by atoms with Crippen LogP contribution in [0.5, 0.6) is 0 Å². The van der Waals surface area contributed by atoms with Gasteiger partial charge in [0.1, 0.15) is 5.76 Å². The molecule has 0 radical (unpaired) electrons. The van der Waals surface area contributed by atoms with E-state index in [4.69, 9.17) is 16.0 Å². The molecule has 1 aliphatic heterocycles.